The van der Waals surface area contributed by atoms with Gasteiger partial charge in [-0.1, -0.05) is 12.1 Å². The molecule has 0 saturated carbocycles. The molecule has 0 spiro atoms. The molecular weight excluding hydrogens is 308 g/mol. The number of halogens is 1. The number of carbonyl (C=O) groups is 1. The molecule has 1 saturated heterocycles. The summed E-state index contributed by atoms with van der Waals surface area (Å²) in [5, 5.41) is 3.37. The van der Waals surface area contributed by atoms with Gasteiger partial charge >= 0.3 is 5.97 Å². The fraction of sp³-hybridized carbons (Fsp3) is 0.500. The van der Waals surface area contributed by atoms with Gasteiger partial charge < -0.3 is 15.0 Å². The molecule has 4 nitrogen and oxygen atoms in total. The molecule has 0 bridgehead atoms. The van der Waals surface area contributed by atoms with Gasteiger partial charge in [-0.2, -0.15) is 0 Å². The summed E-state index contributed by atoms with van der Waals surface area (Å²) < 4.78 is 5.85. The summed E-state index contributed by atoms with van der Waals surface area (Å²) in [7, 11) is 1.44. The molecule has 1 N–H and O–H groups in total. The van der Waals surface area contributed by atoms with Crippen molar-refractivity contribution >= 4 is 27.6 Å². The number of carbonyl (C=O) groups excluding carboxylic acids is 1. The van der Waals surface area contributed by atoms with E-state index in [9.17, 15) is 4.79 Å². The molecule has 104 valence electrons. The van der Waals surface area contributed by atoms with Crippen LogP contribution < -0.4 is 10.2 Å². The molecule has 1 aromatic carbocycles. The SMILES string of the molecule is COC(=O)CC1CNCC(C)N1c1ccccc1Br. The molecule has 0 aromatic heterocycles. The first-order chi connectivity index (χ1) is 9.13. The molecule has 1 fully saturated rings. The smallest absolute Gasteiger partial charge is 0.307 e. The maximum atomic E-state index is 11.6. The van der Waals surface area contributed by atoms with Crippen LogP contribution in [0, 0.1) is 0 Å². The Morgan fingerprint density at radius 2 is 2.21 bits per heavy atom. The van der Waals surface area contributed by atoms with E-state index in [1.54, 1.807) is 0 Å². The first-order valence-electron chi connectivity index (χ1n) is 6.44. The summed E-state index contributed by atoms with van der Waals surface area (Å²) in [6.07, 6.45) is 0.398. The van der Waals surface area contributed by atoms with Crippen molar-refractivity contribution in [1.82, 2.24) is 5.32 Å². The summed E-state index contributed by atoms with van der Waals surface area (Å²) >= 11 is 3.59. The van der Waals surface area contributed by atoms with E-state index in [4.69, 9.17) is 4.74 Å². The van der Waals surface area contributed by atoms with Crippen LogP contribution in [0.4, 0.5) is 5.69 Å². The van der Waals surface area contributed by atoms with Crippen molar-refractivity contribution in [2.75, 3.05) is 25.1 Å². The first-order valence-corrected chi connectivity index (χ1v) is 7.23. The van der Waals surface area contributed by atoms with E-state index in [2.05, 4.69) is 39.1 Å². The number of hydrogen-bond acceptors (Lipinski definition) is 4. The Kier molecular flexibility index (Phi) is 4.82. The third kappa shape index (κ3) is 3.28. The van der Waals surface area contributed by atoms with Crippen molar-refractivity contribution in [2.45, 2.75) is 25.4 Å². The predicted octanol–water partition coefficient (Wildman–Crippen LogP) is 2.18. The third-order valence-corrected chi connectivity index (χ3v) is 4.12. The minimum absolute atomic E-state index is 0.120. The molecule has 1 aliphatic heterocycles. The second kappa shape index (κ2) is 6.39. The number of para-hydroxylation sites is 1. The number of benzene rings is 1. The van der Waals surface area contributed by atoms with Gasteiger partial charge in [0.2, 0.25) is 0 Å². The minimum atomic E-state index is -0.169. The number of piperazine rings is 1. The quantitative estimate of drug-likeness (QED) is 0.864. The topological polar surface area (TPSA) is 41.6 Å². The van der Waals surface area contributed by atoms with Gasteiger partial charge in [-0.3, -0.25) is 4.79 Å². The maximum Gasteiger partial charge on any atom is 0.307 e. The molecule has 0 radical (unpaired) electrons. The fourth-order valence-corrected chi connectivity index (χ4v) is 3.05. The van der Waals surface area contributed by atoms with Gasteiger partial charge in [-0.05, 0) is 35.0 Å². The van der Waals surface area contributed by atoms with E-state index in [0.29, 0.717) is 12.5 Å². The molecule has 1 heterocycles. The Balaban J connectivity index is 2.26. The predicted molar refractivity (Wildman–Crippen MR) is 79.4 cm³/mol. The van der Waals surface area contributed by atoms with Crippen molar-refractivity contribution in [2.24, 2.45) is 0 Å². The van der Waals surface area contributed by atoms with Gasteiger partial charge in [0.15, 0.2) is 0 Å². The monoisotopic (exact) mass is 326 g/mol. The summed E-state index contributed by atoms with van der Waals surface area (Å²) in [5.74, 6) is -0.169. The van der Waals surface area contributed by atoms with Gasteiger partial charge in [-0.15, -0.1) is 0 Å². The van der Waals surface area contributed by atoms with Crippen LogP contribution >= 0.6 is 15.9 Å². The zero-order valence-corrected chi connectivity index (χ0v) is 12.8. The number of nitrogens with zero attached hydrogens (tertiary/aromatic N) is 1. The van der Waals surface area contributed by atoms with Crippen molar-refractivity contribution in [1.29, 1.82) is 0 Å². The molecule has 1 aromatic rings. The number of hydrogen-bond donors (Lipinski definition) is 1. The third-order valence-electron chi connectivity index (χ3n) is 3.45. The van der Waals surface area contributed by atoms with E-state index >= 15 is 0 Å². The van der Waals surface area contributed by atoms with Gasteiger partial charge in [0.25, 0.3) is 0 Å². The van der Waals surface area contributed by atoms with Crippen LogP contribution in [-0.2, 0) is 9.53 Å². The van der Waals surface area contributed by atoms with Crippen LogP contribution in [-0.4, -0.2) is 38.3 Å². The molecule has 0 amide bonds. The highest BCUT2D eigenvalue weighted by molar-refractivity contribution is 9.10. The van der Waals surface area contributed by atoms with Crippen molar-refractivity contribution in [3.63, 3.8) is 0 Å². The lowest BCUT2D eigenvalue weighted by Gasteiger charge is -2.43. The average molecular weight is 327 g/mol. The number of anilines is 1. The maximum absolute atomic E-state index is 11.6. The number of esters is 1. The van der Waals surface area contributed by atoms with Crippen molar-refractivity contribution in [3.05, 3.63) is 28.7 Å². The van der Waals surface area contributed by atoms with E-state index in [0.717, 1.165) is 23.2 Å². The van der Waals surface area contributed by atoms with Crippen molar-refractivity contribution < 1.29 is 9.53 Å². The molecule has 19 heavy (non-hydrogen) atoms. The first kappa shape index (κ1) is 14.3. The second-order valence-corrected chi connectivity index (χ2v) is 5.65. The molecule has 2 unspecified atom stereocenters. The minimum Gasteiger partial charge on any atom is -0.469 e. The van der Waals surface area contributed by atoms with Gasteiger partial charge in [-0.25, -0.2) is 0 Å². The molecular formula is C14H19BrN2O2. The summed E-state index contributed by atoms with van der Waals surface area (Å²) in [6, 6.07) is 8.58. The Morgan fingerprint density at radius 3 is 2.89 bits per heavy atom. The van der Waals surface area contributed by atoms with E-state index in [1.165, 1.54) is 7.11 Å². The van der Waals surface area contributed by atoms with Crippen LogP contribution in [0.25, 0.3) is 0 Å². The lowest BCUT2D eigenvalue weighted by molar-refractivity contribution is -0.141. The number of nitrogens with one attached hydrogen (secondary N) is 1. The summed E-state index contributed by atoms with van der Waals surface area (Å²) in [4.78, 5) is 13.9. The number of methoxy groups -OCH3 is 1. The molecule has 2 atom stereocenters. The van der Waals surface area contributed by atoms with Crippen LogP contribution in [0.2, 0.25) is 0 Å². The zero-order valence-electron chi connectivity index (χ0n) is 11.2. The van der Waals surface area contributed by atoms with E-state index in [-0.39, 0.29) is 12.0 Å². The van der Waals surface area contributed by atoms with Crippen LogP contribution in [0.1, 0.15) is 13.3 Å². The molecule has 1 aliphatic rings. The summed E-state index contributed by atoms with van der Waals surface area (Å²) in [5.41, 5.74) is 1.13. The Morgan fingerprint density at radius 1 is 1.47 bits per heavy atom. The zero-order chi connectivity index (χ0) is 13.8. The highest BCUT2D eigenvalue weighted by Crippen LogP contribution is 2.30. The Hall–Kier alpha value is -1.07. The standard InChI is InChI=1S/C14H19BrN2O2/c1-10-8-16-9-11(7-14(18)19-2)17(10)13-6-4-3-5-12(13)15/h3-6,10-11,16H,7-9H2,1-2H3. The van der Waals surface area contributed by atoms with Crippen LogP contribution in [0.5, 0.6) is 0 Å². The molecule has 5 heteroatoms. The van der Waals surface area contributed by atoms with Crippen LogP contribution in [0.3, 0.4) is 0 Å². The Bertz CT molecular complexity index is 453. The molecule has 2 rings (SSSR count). The normalized spacial score (nSPS) is 23.2. The van der Waals surface area contributed by atoms with E-state index in [1.807, 2.05) is 18.2 Å². The largest absolute Gasteiger partial charge is 0.469 e. The summed E-state index contributed by atoms with van der Waals surface area (Å²) in [6.45, 7) is 3.87. The Labute approximate surface area is 122 Å². The average Bonchev–Trinajstić information content (AvgIpc) is 2.40. The lowest BCUT2D eigenvalue weighted by Crippen LogP contribution is -2.57. The van der Waals surface area contributed by atoms with Gasteiger partial charge in [0.1, 0.15) is 0 Å². The van der Waals surface area contributed by atoms with E-state index < -0.39 is 0 Å². The van der Waals surface area contributed by atoms with Gasteiger partial charge in [0.05, 0.1) is 25.3 Å². The second-order valence-electron chi connectivity index (χ2n) is 4.80. The fourth-order valence-electron chi connectivity index (χ4n) is 2.56. The number of ether oxygens (including phenoxy) is 1. The van der Waals surface area contributed by atoms with Crippen LogP contribution in [0.15, 0.2) is 28.7 Å². The highest BCUT2D eigenvalue weighted by atomic mass is 79.9. The van der Waals surface area contributed by atoms with Crippen molar-refractivity contribution in [3.8, 4) is 0 Å². The molecule has 0 aliphatic carbocycles. The van der Waals surface area contributed by atoms with Gasteiger partial charge in [0, 0.05) is 23.6 Å². The number of rotatable bonds is 3. The lowest BCUT2D eigenvalue weighted by atomic mass is 10.0. The highest BCUT2D eigenvalue weighted by Gasteiger charge is 2.30.